The molecule has 0 radical (unpaired) electrons. The Balaban J connectivity index is 1.74. The highest BCUT2D eigenvalue weighted by atomic mass is 16.5. The molecule has 134 valence electrons. The highest BCUT2D eigenvalue weighted by Crippen LogP contribution is 2.17. The molecule has 0 aromatic rings. The number of rotatable bonds is 5. The average Bonchev–Trinajstić information content (AvgIpc) is 2.57. The van der Waals surface area contributed by atoms with E-state index in [2.05, 4.69) is 40.9 Å². The first kappa shape index (κ1) is 18.5. The van der Waals surface area contributed by atoms with Gasteiger partial charge in [-0.3, -0.25) is 9.89 Å². The summed E-state index contributed by atoms with van der Waals surface area (Å²) in [5.74, 6) is 1.89. The lowest BCUT2D eigenvalue weighted by Crippen LogP contribution is -2.51. The van der Waals surface area contributed by atoms with Gasteiger partial charge >= 0.3 is 0 Å². The third kappa shape index (κ3) is 5.64. The second kappa shape index (κ2) is 9.48. The maximum absolute atomic E-state index is 5.74. The van der Waals surface area contributed by atoms with E-state index in [0.717, 1.165) is 51.0 Å². The van der Waals surface area contributed by atoms with Crippen LogP contribution >= 0.6 is 0 Å². The van der Waals surface area contributed by atoms with E-state index in [-0.39, 0.29) is 0 Å². The second-order valence-electron chi connectivity index (χ2n) is 7.16. The number of piperidine rings is 2. The Morgan fingerprint density at radius 3 is 2.61 bits per heavy atom. The lowest BCUT2D eigenvalue weighted by atomic mass is 9.99. The van der Waals surface area contributed by atoms with Gasteiger partial charge in [0, 0.05) is 45.9 Å². The number of nitrogens with zero attached hydrogens (tertiary/aromatic N) is 3. The third-order valence-electron chi connectivity index (χ3n) is 5.22. The molecule has 0 aliphatic carbocycles. The molecule has 0 amide bonds. The Morgan fingerprint density at radius 1 is 1.26 bits per heavy atom. The number of nitrogens with one attached hydrogen (secondary N) is 1. The summed E-state index contributed by atoms with van der Waals surface area (Å²) in [6.07, 6.45) is 5.36. The summed E-state index contributed by atoms with van der Waals surface area (Å²) in [5.41, 5.74) is 0. The summed E-state index contributed by atoms with van der Waals surface area (Å²) in [4.78, 5) is 9.48. The van der Waals surface area contributed by atoms with E-state index in [1.165, 1.54) is 25.9 Å². The molecule has 0 bridgehead atoms. The number of hydrogen-bond donors (Lipinski definition) is 1. The Labute approximate surface area is 142 Å². The molecule has 2 rings (SSSR count). The number of hydrogen-bond acceptors (Lipinski definition) is 3. The average molecular weight is 325 g/mol. The van der Waals surface area contributed by atoms with Crippen molar-refractivity contribution in [1.29, 1.82) is 0 Å². The van der Waals surface area contributed by atoms with E-state index in [4.69, 9.17) is 4.74 Å². The molecule has 0 aromatic heterocycles. The Kier molecular flexibility index (Phi) is 7.63. The van der Waals surface area contributed by atoms with Crippen LogP contribution in [0.3, 0.4) is 0 Å². The van der Waals surface area contributed by atoms with Gasteiger partial charge in [-0.15, -0.1) is 0 Å². The van der Waals surface area contributed by atoms with E-state index in [9.17, 15) is 0 Å². The molecule has 0 spiro atoms. The van der Waals surface area contributed by atoms with Crippen molar-refractivity contribution < 1.29 is 4.74 Å². The molecule has 23 heavy (non-hydrogen) atoms. The predicted octanol–water partition coefficient (Wildman–Crippen LogP) is 2.18. The van der Waals surface area contributed by atoms with Crippen LogP contribution in [0.4, 0.5) is 0 Å². The van der Waals surface area contributed by atoms with Crippen molar-refractivity contribution in [3.63, 3.8) is 0 Å². The minimum atomic E-state index is 0.433. The number of aliphatic imine (C=N–C) groups is 1. The highest BCUT2D eigenvalue weighted by molar-refractivity contribution is 5.80. The Hall–Kier alpha value is -0.810. The molecule has 1 N–H and O–H groups in total. The van der Waals surface area contributed by atoms with E-state index in [1.54, 1.807) is 0 Å². The minimum absolute atomic E-state index is 0.433. The van der Waals surface area contributed by atoms with Crippen molar-refractivity contribution in [1.82, 2.24) is 15.1 Å². The molecule has 0 aromatic carbocycles. The van der Waals surface area contributed by atoms with Crippen LogP contribution < -0.4 is 5.32 Å². The van der Waals surface area contributed by atoms with Crippen LogP contribution in [0.5, 0.6) is 0 Å². The predicted molar refractivity (Wildman–Crippen MR) is 97.0 cm³/mol. The SMILES string of the molecule is CCOC1CCN(C(=NC)NCC(C)N2CCCC(C)C2)CC1. The normalized spacial score (nSPS) is 26.3. The first-order chi connectivity index (χ1) is 11.1. The van der Waals surface area contributed by atoms with Crippen LogP contribution in [-0.2, 0) is 4.74 Å². The fraction of sp³-hybridized carbons (Fsp3) is 0.944. The summed E-state index contributed by atoms with van der Waals surface area (Å²) in [6, 6.07) is 0.565. The molecule has 5 nitrogen and oxygen atoms in total. The quantitative estimate of drug-likeness (QED) is 0.622. The van der Waals surface area contributed by atoms with E-state index < -0.39 is 0 Å². The van der Waals surface area contributed by atoms with Crippen LogP contribution in [-0.4, -0.2) is 74.3 Å². The highest BCUT2D eigenvalue weighted by Gasteiger charge is 2.24. The topological polar surface area (TPSA) is 40.1 Å². The smallest absolute Gasteiger partial charge is 0.193 e. The van der Waals surface area contributed by atoms with Crippen LogP contribution in [0.25, 0.3) is 0 Å². The fourth-order valence-corrected chi connectivity index (χ4v) is 3.80. The van der Waals surface area contributed by atoms with Crippen molar-refractivity contribution in [3.8, 4) is 0 Å². The van der Waals surface area contributed by atoms with Crippen LogP contribution in [0.1, 0.15) is 46.5 Å². The van der Waals surface area contributed by atoms with Crippen molar-refractivity contribution in [2.24, 2.45) is 10.9 Å². The maximum atomic E-state index is 5.74. The lowest BCUT2D eigenvalue weighted by molar-refractivity contribution is 0.0263. The van der Waals surface area contributed by atoms with Crippen molar-refractivity contribution >= 4 is 5.96 Å². The van der Waals surface area contributed by atoms with Gasteiger partial charge in [0.15, 0.2) is 5.96 Å². The summed E-state index contributed by atoms with van der Waals surface area (Å²) in [5, 5.41) is 3.59. The van der Waals surface area contributed by atoms with Crippen LogP contribution in [0.2, 0.25) is 0 Å². The lowest BCUT2D eigenvalue weighted by Gasteiger charge is -2.37. The molecule has 2 aliphatic rings. The molecule has 2 unspecified atom stereocenters. The first-order valence-electron chi connectivity index (χ1n) is 9.45. The molecule has 5 heteroatoms. The molecular formula is C18H36N4O. The maximum Gasteiger partial charge on any atom is 0.193 e. The van der Waals surface area contributed by atoms with Gasteiger partial charge in [-0.2, -0.15) is 0 Å². The zero-order valence-electron chi connectivity index (χ0n) is 15.6. The van der Waals surface area contributed by atoms with E-state index in [1.807, 2.05) is 7.05 Å². The fourth-order valence-electron chi connectivity index (χ4n) is 3.80. The summed E-state index contributed by atoms with van der Waals surface area (Å²) >= 11 is 0. The number of ether oxygens (including phenoxy) is 1. The van der Waals surface area contributed by atoms with Crippen LogP contribution in [0.15, 0.2) is 4.99 Å². The molecule has 2 saturated heterocycles. The van der Waals surface area contributed by atoms with Gasteiger partial charge < -0.3 is 15.0 Å². The van der Waals surface area contributed by atoms with Gasteiger partial charge in [0.05, 0.1) is 6.10 Å². The molecule has 0 saturated carbocycles. The minimum Gasteiger partial charge on any atom is -0.378 e. The van der Waals surface area contributed by atoms with Crippen molar-refractivity contribution in [2.45, 2.75) is 58.6 Å². The van der Waals surface area contributed by atoms with Gasteiger partial charge in [-0.25, -0.2) is 0 Å². The van der Waals surface area contributed by atoms with Gasteiger partial charge in [0.25, 0.3) is 0 Å². The Bertz CT molecular complexity index is 366. The second-order valence-corrected chi connectivity index (χ2v) is 7.16. The Morgan fingerprint density at radius 2 is 2.00 bits per heavy atom. The first-order valence-corrected chi connectivity index (χ1v) is 9.45. The third-order valence-corrected chi connectivity index (χ3v) is 5.22. The number of likely N-dealkylation sites (tertiary alicyclic amines) is 2. The van der Waals surface area contributed by atoms with Crippen molar-refractivity contribution in [3.05, 3.63) is 0 Å². The zero-order chi connectivity index (χ0) is 16.7. The van der Waals surface area contributed by atoms with Crippen molar-refractivity contribution in [2.75, 3.05) is 46.4 Å². The zero-order valence-corrected chi connectivity index (χ0v) is 15.6. The molecular weight excluding hydrogens is 288 g/mol. The molecule has 2 heterocycles. The van der Waals surface area contributed by atoms with Gasteiger partial charge in [0.1, 0.15) is 0 Å². The number of guanidine groups is 1. The van der Waals surface area contributed by atoms with Gasteiger partial charge in [-0.1, -0.05) is 6.92 Å². The standard InChI is InChI=1S/C18H36N4O/c1-5-23-17-8-11-21(12-9-17)18(19-4)20-13-16(3)22-10-6-7-15(2)14-22/h15-17H,5-14H2,1-4H3,(H,19,20). The largest absolute Gasteiger partial charge is 0.378 e. The van der Waals surface area contributed by atoms with Gasteiger partial charge in [-0.05, 0) is 52.0 Å². The summed E-state index contributed by atoms with van der Waals surface area (Å²) in [6.45, 7) is 13.1. The van der Waals surface area contributed by atoms with Crippen LogP contribution in [0, 0.1) is 5.92 Å². The van der Waals surface area contributed by atoms with E-state index >= 15 is 0 Å². The summed E-state index contributed by atoms with van der Waals surface area (Å²) in [7, 11) is 1.89. The molecule has 2 atom stereocenters. The molecule has 2 aliphatic heterocycles. The van der Waals surface area contributed by atoms with Gasteiger partial charge in [0.2, 0.25) is 0 Å². The van der Waals surface area contributed by atoms with E-state index in [0.29, 0.717) is 12.1 Å². The molecule has 2 fully saturated rings. The monoisotopic (exact) mass is 324 g/mol. The summed E-state index contributed by atoms with van der Waals surface area (Å²) < 4.78 is 5.74.